The van der Waals surface area contributed by atoms with E-state index in [9.17, 15) is 15.0 Å². The lowest BCUT2D eigenvalue weighted by Crippen LogP contribution is -2.26. The van der Waals surface area contributed by atoms with E-state index in [-0.39, 0.29) is 16.7 Å². The van der Waals surface area contributed by atoms with Gasteiger partial charge in [-0.05, 0) is 54.5 Å². The van der Waals surface area contributed by atoms with Crippen molar-refractivity contribution in [3.8, 4) is 5.75 Å². The minimum atomic E-state index is -1.14. The normalized spacial score (nSPS) is 15.4. The van der Waals surface area contributed by atoms with Gasteiger partial charge in [0.15, 0.2) is 5.71 Å². The van der Waals surface area contributed by atoms with Crippen LogP contribution in [-0.4, -0.2) is 33.5 Å². The molecule has 3 aromatic rings. The maximum atomic E-state index is 11.3. The summed E-state index contributed by atoms with van der Waals surface area (Å²) in [4.78, 5) is 11.3. The molecule has 0 spiro atoms. The molecule has 1 heterocycles. The third-order valence-corrected chi connectivity index (χ3v) is 5.58. The van der Waals surface area contributed by atoms with E-state index in [2.05, 4.69) is 61.9 Å². The highest BCUT2D eigenvalue weighted by Gasteiger charge is 2.44. The van der Waals surface area contributed by atoms with Gasteiger partial charge in [0, 0.05) is 17.7 Å². The first-order chi connectivity index (χ1) is 13.3. The molecule has 1 aliphatic rings. The van der Waals surface area contributed by atoms with Gasteiger partial charge in [-0.2, -0.15) is 4.58 Å². The lowest BCUT2D eigenvalue weighted by Gasteiger charge is -2.17. The van der Waals surface area contributed by atoms with Gasteiger partial charge in [0.05, 0.1) is 5.41 Å². The predicted octanol–water partition coefficient (Wildman–Crippen LogP) is 4.96. The Morgan fingerprint density at radius 3 is 2.54 bits per heavy atom. The SMILES string of the molecule is C[N+]1=C(/C=C/c2ccc(O)c(C(=O)O)c2)C(C)(C)c2c1ccc1ccccc21. The molecule has 0 aromatic heterocycles. The van der Waals surface area contributed by atoms with E-state index in [1.54, 1.807) is 6.07 Å². The van der Waals surface area contributed by atoms with Gasteiger partial charge in [-0.1, -0.05) is 30.3 Å². The Hall–Kier alpha value is -3.40. The van der Waals surface area contributed by atoms with Crippen LogP contribution in [0.3, 0.4) is 0 Å². The minimum absolute atomic E-state index is 0.0968. The summed E-state index contributed by atoms with van der Waals surface area (Å²) in [6.45, 7) is 4.42. The molecule has 0 bridgehead atoms. The van der Waals surface area contributed by atoms with Crippen LogP contribution in [0.1, 0.15) is 35.3 Å². The predicted molar refractivity (Wildman–Crippen MR) is 112 cm³/mol. The van der Waals surface area contributed by atoms with Gasteiger partial charge in [-0.15, -0.1) is 0 Å². The number of carboxylic acids is 1. The summed E-state index contributed by atoms with van der Waals surface area (Å²) in [7, 11) is 2.06. The van der Waals surface area contributed by atoms with Gasteiger partial charge in [0.2, 0.25) is 5.69 Å². The molecular weight excluding hydrogens is 350 g/mol. The standard InChI is InChI=1S/C24H21NO3/c1-24(2)21(13-9-15-8-12-20(26)18(14-15)23(27)28)25(3)19-11-10-16-6-4-5-7-17(16)22(19)24/h4-14H,1-3H3,(H,27,28)/p+1. The first-order valence-electron chi connectivity index (χ1n) is 9.18. The molecule has 0 atom stereocenters. The second kappa shape index (κ2) is 6.34. The Bertz CT molecular complexity index is 1190. The fraction of sp³-hybridized carbons (Fsp3) is 0.167. The van der Waals surface area contributed by atoms with E-state index in [0.29, 0.717) is 0 Å². The number of aromatic carboxylic acids is 1. The summed E-state index contributed by atoms with van der Waals surface area (Å²) < 4.78 is 2.19. The summed E-state index contributed by atoms with van der Waals surface area (Å²) in [5.74, 6) is -1.37. The summed E-state index contributed by atoms with van der Waals surface area (Å²) in [5.41, 5.74) is 4.04. The van der Waals surface area contributed by atoms with Gasteiger partial charge in [0.25, 0.3) is 0 Å². The van der Waals surface area contributed by atoms with Crippen molar-refractivity contribution in [2.75, 3.05) is 7.05 Å². The van der Waals surface area contributed by atoms with E-state index < -0.39 is 5.97 Å². The van der Waals surface area contributed by atoms with Crippen molar-refractivity contribution >= 4 is 34.2 Å². The van der Waals surface area contributed by atoms with Gasteiger partial charge < -0.3 is 10.2 Å². The molecule has 4 rings (SSSR count). The monoisotopic (exact) mass is 372 g/mol. The van der Waals surface area contributed by atoms with Crippen LogP contribution < -0.4 is 0 Å². The minimum Gasteiger partial charge on any atom is -0.507 e. The van der Waals surface area contributed by atoms with Crippen molar-refractivity contribution in [3.63, 3.8) is 0 Å². The Morgan fingerprint density at radius 2 is 1.79 bits per heavy atom. The van der Waals surface area contributed by atoms with Crippen molar-refractivity contribution in [1.82, 2.24) is 0 Å². The van der Waals surface area contributed by atoms with Crippen LogP contribution >= 0.6 is 0 Å². The lowest BCUT2D eigenvalue weighted by atomic mass is 9.79. The number of phenols is 1. The van der Waals surface area contributed by atoms with Crippen molar-refractivity contribution < 1.29 is 19.6 Å². The van der Waals surface area contributed by atoms with Crippen LogP contribution in [-0.2, 0) is 5.41 Å². The third kappa shape index (κ3) is 2.69. The molecular formula is C24H22NO3+. The number of benzene rings is 3. The molecule has 0 fully saturated rings. The van der Waals surface area contributed by atoms with Gasteiger partial charge in [0.1, 0.15) is 18.4 Å². The molecule has 3 aromatic carbocycles. The van der Waals surface area contributed by atoms with Gasteiger partial charge in [-0.25, -0.2) is 4.79 Å². The van der Waals surface area contributed by atoms with Crippen molar-refractivity contribution in [2.24, 2.45) is 0 Å². The fourth-order valence-electron chi connectivity index (χ4n) is 4.20. The van der Waals surface area contributed by atoms with E-state index >= 15 is 0 Å². The average molecular weight is 372 g/mol. The third-order valence-electron chi connectivity index (χ3n) is 5.58. The molecule has 4 heteroatoms. The quantitative estimate of drug-likeness (QED) is 0.639. The zero-order valence-corrected chi connectivity index (χ0v) is 16.1. The molecule has 1 aliphatic heterocycles. The zero-order valence-electron chi connectivity index (χ0n) is 16.1. The number of carboxylic acid groups (broad SMARTS) is 1. The van der Waals surface area contributed by atoms with Crippen molar-refractivity contribution in [1.29, 1.82) is 0 Å². The van der Waals surface area contributed by atoms with E-state index in [4.69, 9.17) is 0 Å². The number of hydrogen-bond donors (Lipinski definition) is 2. The molecule has 0 saturated heterocycles. The fourth-order valence-corrected chi connectivity index (χ4v) is 4.20. The second-order valence-corrected chi connectivity index (χ2v) is 7.67. The number of rotatable bonds is 3. The van der Waals surface area contributed by atoms with Crippen LogP contribution in [0.5, 0.6) is 5.75 Å². The van der Waals surface area contributed by atoms with E-state index in [0.717, 1.165) is 11.3 Å². The number of hydrogen-bond acceptors (Lipinski definition) is 2. The molecule has 0 radical (unpaired) electrons. The van der Waals surface area contributed by atoms with E-state index in [1.165, 1.54) is 34.2 Å². The van der Waals surface area contributed by atoms with Crippen LogP contribution in [0, 0.1) is 0 Å². The highest BCUT2D eigenvalue weighted by molar-refractivity contribution is 6.09. The lowest BCUT2D eigenvalue weighted by molar-refractivity contribution is -0.401. The topological polar surface area (TPSA) is 60.5 Å². The molecule has 2 N–H and O–H groups in total. The summed E-state index contributed by atoms with van der Waals surface area (Å²) in [6, 6.07) is 17.3. The molecule has 0 amide bonds. The zero-order chi connectivity index (χ0) is 20.1. The van der Waals surface area contributed by atoms with Crippen LogP contribution in [0.4, 0.5) is 5.69 Å². The largest absolute Gasteiger partial charge is 0.507 e. The van der Waals surface area contributed by atoms with Crippen LogP contribution in [0.25, 0.3) is 16.8 Å². The maximum Gasteiger partial charge on any atom is 0.339 e. The maximum absolute atomic E-state index is 11.3. The Kier molecular flexibility index (Phi) is 4.07. The highest BCUT2D eigenvalue weighted by atomic mass is 16.4. The summed E-state index contributed by atoms with van der Waals surface area (Å²) in [5, 5.41) is 21.4. The van der Waals surface area contributed by atoms with Crippen molar-refractivity contribution in [2.45, 2.75) is 19.3 Å². The van der Waals surface area contributed by atoms with Gasteiger partial charge in [-0.3, -0.25) is 0 Å². The van der Waals surface area contributed by atoms with Crippen LogP contribution in [0.2, 0.25) is 0 Å². The number of allylic oxidation sites excluding steroid dienone is 1. The molecule has 0 saturated carbocycles. The number of fused-ring (bicyclic) bond motifs is 3. The van der Waals surface area contributed by atoms with Crippen molar-refractivity contribution in [3.05, 3.63) is 77.4 Å². The number of carbonyl (C=O) groups is 1. The first kappa shape index (κ1) is 18.0. The number of nitrogens with zero attached hydrogens (tertiary/aromatic N) is 1. The highest BCUT2D eigenvalue weighted by Crippen LogP contribution is 2.43. The second-order valence-electron chi connectivity index (χ2n) is 7.67. The number of aromatic hydroxyl groups is 1. The summed E-state index contributed by atoms with van der Waals surface area (Å²) >= 11 is 0. The molecule has 4 nitrogen and oxygen atoms in total. The van der Waals surface area contributed by atoms with Gasteiger partial charge >= 0.3 is 5.97 Å². The molecule has 0 unspecified atom stereocenters. The molecule has 140 valence electrons. The summed E-state index contributed by atoms with van der Waals surface area (Å²) in [6.07, 6.45) is 3.93. The average Bonchev–Trinajstić information content (AvgIpc) is 2.87. The Balaban J connectivity index is 1.80. The first-order valence-corrected chi connectivity index (χ1v) is 9.18. The van der Waals surface area contributed by atoms with E-state index in [1.807, 2.05) is 12.2 Å². The molecule has 28 heavy (non-hydrogen) atoms. The van der Waals surface area contributed by atoms with Crippen LogP contribution in [0.15, 0.2) is 60.7 Å². The Morgan fingerprint density at radius 1 is 1.04 bits per heavy atom. The molecule has 0 aliphatic carbocycles. The Labute approximate surface area is 163 Å². The smallest absolute Gasteiger partial charge is 0.339 e.